The van der Waals surface area contributed by atoms with Crippen LogP contribution < -0.4 is 0 Å². The fourth-order valence-electron chi connectivity index (χ4n) is 3.54. The van der Waals surface area contributed by atoms with Crippen LogP contribution >= 0.6 is 0 Å². The highest BCUT2D eigenvalue weighted by Gasteiger charge is 2.40. The molecule has 0 spiro atoms. The molecule has 1 aliphatic rings. The van der Waals surface area contributed by atoms with Gasteiger partial charge in [-0.25, -0.2) is 0 Å². The van der Waals surface area contributed by atoms with E-state index in [4.69, 9.17) is 14.6 Å². The molecule has 160 valence electrons. The number of rotatable bonds is 17. The Labute approximate surface area is 165 Å². The summed E-state index contributed by atoms with van der Waals surface area (Å²) in [4.78, 5) is 0. The molecule has 0 aromatic rings. The van der Waals surface area contributed by atoms with Crippen LogP contribution in [0.25, 0.3) is 0 Å². The van der Waals surface area contributed by atoms with Gasteiger partial charge in [-0.2, -0.15) is 0 Å². The minimum absolute atomic E-state index is 0.155. The highest BCUT2D eigenvalue weighted by Crippen LogP contribution is 2.21. The molecule has 27 heavy (non-hydrogen) atoms. The Kier molecular flexibility index (Phi) is 15.0. The largest absolute Gasteiger partial charge is 0.394 e. The number of aliphatic hydroxyl groups is 3. The van der Waals surface area contributed by atoms with Crippen molar-refractivity contribution in [2.45, 2.75) is 108 Å². The van der Waals surface area contributed by atoms with Crippen LogP contribution in [-0.2, 0) is 9.47 Å². The van der Waals surface area contributed by atoms with Crippen molar-refractivity contribution in [2.75, 3.05) is 19.8 Å². The van der Waals surface area contributed by atoms with Gasteiger partial charge in [0.1, 0.15) is 24.4 Å². The topological polar surface area (TPSA) is 79.2 Å². The minimum Gasteiger partial charge on any atom is -0.394 e. The van der Waals surface area contributed by atoms with Crippen LogP contribution in [0.3, 0.4) is 0 Å². The van der Waals surface area contributed by atoms with Crippen LogP contribution in [-0.4, -0.2) is 59.6 Å². The van der Waals surface area contributed by atoms with Gasteiger partial charge in [-0.1, -0.05) is 70.4 Å². The molecule has 5 heteroatoms. The van der Waals surface area contributed by atoms with Gasteiger partial charge in [-0.05, 0) is 25.7 Å². The van der Waals surface area contributed by atoms with Gasteiger partial charge >= 0.3 is 0 Å². The van der Waals surface area contributed by atoms with Crippen LogP contribution in [0.5, 0.6) is 0 Å². The fourth-order valence-corrected chi connectivity index (χ4v) is 3.54. The van der Waals surface area contributed by atoms with E-state index < -0.39 is 24.4 Å². The summed E-state index contributed by atoms with van der Waals surface area (Å²) < 4.78 is 11.0. The van der Waals surface area contributed by atoms with E-state index in [-0.39, 0.29) is 13.2 Å². The van der Waals surface area contributed by atoms with Gasteiger partial charge in [-0.15, -0.1) is 0 Å². The molecule has 0 saturated carbocycles. The van der Waals surface area contributed by atoms with Crippen LogP contribution in [0, 0.1) is 0 Å². The molecule has 0 aromatic heterocycles. The van der Waals surface area contributed by atoms with Crippen LogP contribution in [0.15, 0.2) is 12.2 Å². The molecule has 4 atom stereocenters. The average Bonchev–Trinajstić information content (AvgIpc) is 3.04. The van der Waals surface area contributed by atoms with E-state index in [0.29, 0.717) is 6.61 Å². The molecule has 0 aliphatic carbocycles. The zero-order valence-electron chi connectivity index (χ0n) is 17.2. The molecule has 1 saturated heterocycles. The first-order chi connectivity index (χ1) is 13.2. The fraction of sp³-hybridized carbons (Fsp3) is 0.909. The van der Waals surface area contributed by atoms with Gasteiger partial charge in [0, 0.05) is 6.61 Å². The molecule has 1 heterocycles. The SMILES string of the molecule is CC/C=C/CCCCCCCCCCCCO[C@H]1[C@@H]([C@H](O)CO)OC[C@@H]1O. The highest BCUT2D eigenvalue weighted by molar-refractivity contribution is 4.89. The molecule has 0 unspecified atom stereocenters. The molecule has 1 fully saturated rings. The second kappa shape index (κ2) is 16.5. The Bertz CT molecular complexity index is 361. The summed E-state index contributed by atoms with van der Waals surface area (Å²) >= 11 is 0. The van der Waals surface area contributed by atoms with E-state index in [1.165, 1.54) is 57.8 Å². The lowest BCUT2D eigenvalue weighted by molar-refractivity contribution is -0.0938. The molecule has 5 nitrogen and oxygen atoms in total. The van der Waals surface area contributed by atoms with Crippen molar-refractivity contribution < 1.29 is 24.8 Å². The van der Waals surface area contributed by atoms with Crippen LogP contribution in [0.2, 0.25) is 0 Å². The van der Waals surface area contributed by atoms with Crippen molar-refractivity contribution in [3.63, 3.8) is 0 Å². The van der Waals surface area contributed by atoms with Crippen molar-refractivity contribution in [3.05, 3.63) is 12.2 Å². The van der Waals surface area contributed by atoms with Crippen molar-refractivity contribution >= 4 is 0 Å². The number of hydrogen-bond acceptors (Lipinski definition) is 5. The van der Waals surface area contributed by atoms with Crippen molar-refractivity contribution in [2.24, 2.45) is 0 Å². The summed E-state index contributed by atoms with van der Waals surface area (Å²) in [5, 5.41) is 28.6. The standard InChI is InChI=1S/C22H42O5/c1-2-3-4-5-6-7-8-9-10-11-12-13-14-15-16-26-22-20(25)18-27-21(22)19(24)17-23/h3-4,19-25H,2,5-18H2,1H3/b4-3+/t19-,20+,21-,22-/m1/s1. The molecule has 0 bridgehead atoms. The summed E-state index contributed by atoms with van der Waals surface area (Å²) in [6, 6.07) is 0. The zero-order valence-corrected chi connectivity index (χ0v) is 17.2. The Balaban J connectivity index is 1.88. The first-order valence-corrected chi connectivity index (χ1v) is 11.1. The highest BCUT2D eigenvalue weighted by atomic mass is 16.6. The molecule has 0 amide bonds. The number of ether oxygens (including phenoxy) is 2. The molecule has 0 aromatic carbocycles. The van der Waals surface area contributed by atoms with Gasteiger partial charge in [0.2, 0.25) is 0 Å². The summed E-state index contributed by atoms with van der Waals surface area (Å²) in [6.45, 7) is 2.51. The summed E-state index contributed by atoms with van der Waals surface area (Å²) in [7, 11) is 0. The Morgan fingerprint density at radius 1 is 0.963 bits per heavy atom. The number of aliphatic hydroxyl groups excluding tert-OH is 3. The van der Waals surface area contributed by atoms with Gasteiger partial charge in [0.25, 0.3) is 0 Å². The maximum absolute atomic E-state index is 9.87. The Morgan fingerprint density at radius 3 is 2.15 bits per heavy atom. The third-order valence-corrected chi connectivity index (χ3v) is 5.21. The first kappa shape index (κ1) is 24.6. The number of unbranched alkanes of at least 4 members (excludes halogenated alkanes) is 10. The van der Waals surface area contributed by atoms with Crippen molar-refractivity contribution in [1.82, 2.24) is 0 Å². The molecule has 1 rings (SSSR count). The minimum atomic E-state index is -1.00. The lowest BCUT2D eigenvalue weighted by Gasteiger charge is -2.23. The van der Waals surface area contributed by atoms with Crippen molar-refractivity contribution in [3.8, 4) is 0 Å². The Morgan fingerprint density at radius 2 is 1.56 bits per heavy atom. The zero-order chi connectivity index (χ0) is 19.7. The first-order valence-electron chi connectivity index (χ1n) is 11.1. The Hall–Kier alpha value is -0.460. The van der Waals surface area contributed by atoms with Gasteiger partial charge < -0.3 is 24.8 Å². The maximum atomic E-state index is 9.87. The smallest absolute Gasteiger partial charge is 0.114 e. The lowest BCUT2D eigenvalue weighted by atomic mass is 10.1. The summed E-state index contributed by atoms with van der Waals surface area (Å²) in [5.41, 5.74) is 0. The molecular weight excluding hydrogens is 344 g/mol. The van der Waals surface area contributed by atoms with Crippen molar-refractivity contribution in [1.29, 1.82) is 0 Å². The van der Waals surface area contributed by atoms with Gasteiger partial charge in [0.05, 0.1) is 13.2 Å². The normalized spacial score (nSPS) is 24.1. The van der Waals surface area contributed by atoms with E-state index >= 15 is 0 Å². The van der Waals surface area contributed by atoms with E-state index in [9.17, 15) is 10.2 Å². The molecule has 1 aliphatic heterocycles. The predicted molar refractivity (Wildman–Crippen MR) is 109 cm³/mol. The monoisotopic (exact) mass is 386 g/mol. The van der Waals surface area contributed by atoms with Crippen LogP contribution in [0.1, 0.15) is 84.0 Å². The quantitative estimate of drug-likeness (QED) is 0.262. The molecule has 3 N–H and O–H groups in total. The molecule has 0 radical (unpaired) electrons. The number of hydrogen-bond donors (Lipinski definition) is 3. The van der Waals surface area contributed by atoms with E-state index in [1.54, 1.807) is 0 Å². The second-order valence-electron chi connectivity index (χ2n) is 7.65. The third-order valence-electron chi connectivity index (χ3n) is 5.21. The average molecular weight is 387 g/mol. The number of allylic oxidation sites excluding steroid dienone is 2. The second-order valence-corrected chi connectivity index (χ2v) is 7.65. The van der Waals surface area contributed by atoms with Crippen LogP contribution in [0.4, 0.5) is 0 Å². The van der Waals surface area contributed by atoms with E-state index in [0.717, 1.165) is 19.3 Å². The summed E-state index contributed by atoms with van der Waals surface area (Å²) in [5.74, 6) is 0. The molecular formula is C22H42O5. The summed E-state index contributed by atoms with van der Waals surface area (Å²) in [6.07, 6.45) is 16.7. The third kappa shape index (κ3) is 11.2. The van der Waals surface area contributed by atoms with Gasteiger partial charge in [-0.3, -0.25) is 0 Å². The maximum Gasteiger partial charge on any atom is 0.114 e. The van der Waals surface area contributed by atoms with E-state index in [2.05, 4.69) is 19.1 Å². The van der Waals surface area contributed by atoms with Gasteiger partial charge in [0.15, 0.2) is 0 Å². The predicted octanol–water partition coefficient (Wildman–Crippen LogP) is 3.74. The van der Waals surface area contributed by atoms with E-state index in [1.807, 2.05) is 0 Å². The lowest BCUT2D eigenvalue weighted by Crippen LogP contribution is -2.42.